The molecule has 62 valence electrons. The van der Waals surface area contributed by atoms with Gasteiger partial charge < -0.3 is 0 Å². The van der Waals surface area contributed by atoms with E-state index in [-0.39, 0.29) is 0 Å². The van der Waals surface area contributed by atoms with Crippen LogP contribution in [0, 0.1) is 18.3 Å². The third-order valence-electron chi connectivity index (χ3n) is 2.04. The number of hydrogen-bond donors (Lipinski definition) is 0. The van der Waals surface area contributed by atoms with Gasteiger partial charge in [-0.3, -0.25) is 0 Å². The molecule has 0 amide bonds. The Balaban J connectivity index is 2.76. The van der Waals surface area contributed by atoms with E-state index in [4.69, 9.17) is 5.26 Å². The second-order valence-corrected chi connectivity index (χ2v) is 3.17. The maximum absolute atomic E-state index is 8.50. The lowest BCUT2D eigenvalue weighted by Gasteiger charge is -2.06. The molecule has 0 saturated carbocycles. The van der Waals surface area contributed by atoms with Gasteiger partial charge in [0.2, 0.25) is 0 Å². The van der Waals surface area contributed by atoms with Gasteiger partial charge in [-0.15, -0.1) is 0 Å². The number of rotatable bonds is 2. The van der Waals surface area contributed by atoms with Crippen LogP contribution in [0.25, 0.3) is 0 Å². The molecule has 12 heavy (non-hydrogen) atoms. The van der Waals surface area contributed by atoms with E-state index in [1.807, 2.05) is 0 Å². The molecule has 1 nitrogen and oxygen atoms in total. The number of nitrogens with zero attached hydrogens (tertiary/aromatic N) is 1. The molecule has 0 aliphatic heterocycles. The van der Waals surface area contributed by atoms with Crippen LogP contribution in [-0.4, -0.2) is 0 Å². The molecule has 1 aromatic rings. The van der Waals surface area contributed by atoms with Crippen LogP contribution in [0.5, 0.6) is 0 Å². The molecule has 0 fully saturated rings. The number of nitriles is 1. The molecule has 0 aliphatic carbocycles. The van der Waals surface area contributed by atoms with Crippen LogP contribution in [0.15, 0.2) is 24.3 Å². The Hall–Kier alpha value is -1.29. The van der Waals surface area contributed by atoms with E-state index < -0.39 is 0 Å². The fourth-order valence-electron chi connectivity index (χ4n) is 1.15. The zero-order valence-electron chi connectivity index (χ0n) is 7.54. The third-order valence-corrected chi connectivity index (χ3v) is 2.04. The predicted molar refractivity (Wildman–Crippen MR) is 49.8 cm³/mol. The summed E-state index contributed by atoms with van der Waals surface area (Å²) in [5.74, 6) is 0.357. The molecule has 0 aliphatic rings. The monoisotopic (exact) mass is 159 g/mol. The van der Waals surface area contributed by atoms with Crippen LogP contribution >= 0.6 is 0 Å². The molecule has 1 rings (SSSR count). The number of benzene rings is 1. The molecule has 0 saturated heterocycles. The van der Waals surface area contributed by atoms with Crippen molar-refractivity contribution in [2.45, 2.75) is 26.2 Å². The SMILES string of the molecule is Cc1ccc(C(C)CC#N)cc1. The summed E-state index contributed by atoms with van der Waals surface area (Å²) in [4.78, 5) is 0. The lowest BCUT2D eigenvalue weighted by Crippen LogP contribution is -1.91. The van der Waals surface area contributed by atoms with Gasteiger partial charge in [0.25, 0.3) is 0 Å². The summed E-state index contributed by atoms with van der Waals surface area (Å²) >= 11 is 0. The Kier molecular flexibility index (Phi) is 2.88. The molecule has 0 aromatic heterocycles. The minimum atomic E-state index is 0.357. The summed E-state index contributed by atoms with van der Waals surface area (Å²) < 4.78 is 0. The van der Waals surface area contributed by atoms with Gasteiger partial charge in [-0.1, -0.05) is 36.8 Å². The zero-order chi connectivity index (χ0) is 8.97. The summed E-state index contributed by atoms with van der Waals surface area (Å²) in [5.41, 5.74) is 2.52. The topological polar surface area (TPSA) is 23.8 Å². The molecule has 0 heterocycles. The van der Waals surface area contributed by atoms with Crippen molar-refractivity contribution < 1.29 is 0 Å². The molecule has 0 bridgehead atoms. The first-order valence-corrected chi connectivity index (χ1v) is 4.17. The van der Waals surface area contributed by atoms with Gasteiger partial charge >= 0.3 is 0 Å². The molecule has 1 heteroatoms. The first-order chi connectivity index (χ1) is 5.74. The summed E-state index contributed by atoms with van der Waals surface area (Å²) in [6, 6.07) is 10.5. The van der Waals surface area contributed by atoms with Crippen LogP contribution in [0.3, 0.4) is 0 Å². The zero-order valence-corrected chi connectivity index (χ0v) is 7.54. The molecule has 0 spiro atoms. The van der Waals surface area contributed by atoms with Crippen LogP contribution in [0.1, 0.15) is 30.4 Å². The van der Waals surface area contributed by atoms with Gasteiger partial charge in [-0.05, 0) is 18.4 Å². The maximum atomic E-state index is 8.50. The van der Waals surface area contributed by atoms with Gasteiger partial charge in [0, 0.05) is 6.42 Å². The van der Waals surface area contributed by atoms with Crippen molar-refractivity contribution in [2.75, 3.05) is 0 Å². The van der Waals surface area contributed by atoms with Crippen LogP contribution in [0.2, 0.25) is 0 Å². The van der Waals surface area contributed by atoms with Crippen LogP contribution < -0.4 is 0 Å². The largest absolute Gasteiger partial charge is 0.198 e. The number of hydrogen-bond acceptors (Lipinski definition) is 1. The summed E-state index contributed by atoms with van der Waals surface area (Å²) in [5, 5.41) is 8.50. The Labute approximate surface area is 73.6 Å². The fourth-order valence-corrected chi connectivity index (χ4v) is 1.15. The normalized spacial score (nSPS) is 12.1. The second kappa shape index (κ2) is 3.92. The van der Waals surface area contributed by atoms with Gasteiger partial charge in [0.05, 0.1) is 6.07 Å². The third kappa shape index (κ3) is 2.10. The van der Waals surface area contributed by atoms with Crippen molar-refractivity contribution in [3.63, 3.8) is 0 Å². The molecular formula is C11H13N. The Morgan fingerprint density at radius 3 is 2.42 bits per heavy atom. The van der Waals surface area contributed by atoms with Crippen LogP contribution in [0.4, 0.5) is 0 Å². The van der Waals surface area contributed by atoms with E-state index in [0.717, 1.165) is 0 Å². The highest BCUT2D eigenvalue weighted by Crippen LogP contribution is 2.18. The van der Waals surface area contributed by atoms with Crippen molar-refractivity contribution in [3.05, 3.63) is 35.4 Å². The summed E-state index contributed by atoms with van der Waals surface area (Å²) in [6.07, 6.45) is 0.600. The van der Waals surface area contributed by atoms with E-state index in [0.29, 0.717) is 12.3 Å². The van der Waals surface area contributed by atoms with Gasteiger partial charge in [0.1, 0.15) is 0 Å². The molecular weight excluding hydrogens is 146 g/mol. The van der Waals surface area contributed by atoms with E-state index in [1.165, 1.54) is 11.1 Å². The Morgan fingerprint density at radius 2 is 1.92 bits per heavy atom. The average molecular weight is 159 g/mol. The number of aryl methyl sites for hydroxylation is 1. The fraction of sp³-hybridized carbons (Fsp3) is 0.364. The second-order valence-electron chi connectivity index (χ2n) is 3.17. The lowest BCUT2D eigenvalue weighted by atomic mass is 9.98. The highest BCUT2D eigenvalue weighted by atomic mass is 14.2. The lowest BCUT2D eigenvalue weighted by molar-refractivity contribution is 0.788. The highest BCUT2D eigenvalue weighted by Gasteiger charge is 2.02. The van der Waals surface area contributed by atoms with Gasteiger partial charge in [0.15, 0.2) is 0 Å². The average Bonchev–Trinajstić information content (AvgIpc) is 2.06. The highest BCUT2D eigenvalue weighted by molar-refractivity contribution is 5.24. The van der Waals surface area contributed by atoms with E-state index in [2.05, 4.69) is 44.2 Å². The smallest absolute Gasteiger partial charge is 0.0628 e. The minimum absolute atomic E-state index is 0.357. The van der Waals surface area contributed by atoms with Crippen molar-refractivity contribution in [3.8, 4) is 6.07 Å². The first kappa shape index (κ1) is 8.80. The molecule has 1 aromatic carbocycles. The van der Waals surface area contributed by atoms with E-state index in [9.17, 15) is 0 Å². The maximum Gasteiger partial charge on any atom is 0.0628 e. The molecule has 0 radical (unpaired) electrons. The van der Waals surface area contributed by atoms with Crippen molar-refractivity contribution in [2.24, 2.45) is 0 Å². The molecule has 1 unspecified atom stereocenters. The molecule has 1 atom stereocenters. The summed E-state index contributed by atoms with van der Waals surface area (Å²) in [7, 11) is 0. The van der Waals surface area contributed by atoms with E-state index in [1.54, 1.807) is 0 Å². The quantitative estimate of drug-likeness (QED) is 0.650. The Morgan fingerprint density at radius 1 is 1.33 bits per heavy atom. The Bertz CT molecular complexity index is 279. The van der Waals surface area contributed by atoms with E-state index >= 15 is 0 Å². The van der Waals surface area contributed by atoms with Crippen molar-refractivity contribution in [1.82, 2.24) is 0 Å². The van der Waals surface area contributed by atoms with Crippen molar-refractivity contribution in [1.29, 1.82) is 5.26 Å². The van der Waals surface area contributed by atoms with Crippen LogP contribution in [-0.2, 0) is 0 Å². The van der Waals surface area contributed by atoms with Crippen molar-refractivity contribution >= 4 is 0 Å². The summed E-state index contributed by atoms with van der Waals surface area (Å²) in [6.45, 7) is 4.15. The van der Waals surface area contributed by atoms with Gasteiger partial charge in [-0.25, -0.2) is 0 Å². The first-order valence-electron chi connectivity index (χ1n) is 4.17. The molecule has 0 N–H and O–H groups in total. The minimum Gasteiger partial charge on any atom is -0.198 e. The predicted octanol–water partition coefficient (Wildman–Crippen LogP) is 3.01. The standard InChI is InChI=1S/C11H13N/c1-9-3-5-11(6-4-9)10(2)7-8-12/h3-6,10H,7H2,1-2H3. The van der Waals surface area contributed by atoms with Gasteiger partial charge in [-0.2, -0.15) is 5.26 Å².